The number of benzene rings is 1. The zero-order chi connectivity index (χ0) is 28.3. The van der Waals surface area contributed by atoms with E-state index < -0.39 is 41.9 Å². The molecule has 0 radical (unpaired) electrons. The highest BCUT2D eigenvalue weighted by Crippen LogP contribution is 2.35. The molecule has 3 N–H and O–H groups in total. The van der Waals surface area contributed by atoms with Crippen LogP contribution in [0.5, 0.6) is 11.5 Å². The predicted octanol–water partition coefficient (Wildman–Crippen LogP) is 4.84. The molecule has 208 valence electrons. The fourth-order valence-electron chi connectivity index (χ4n) is 3.44. The summed E-state index contributed by atoms with van der Waals surface area (Å²) in [5, 5.41) is 9.65. The first-order valence-electron chi connectivity index (χ1n) is 13.1. The Morgan fingerprint density at radius 3 is 1.89 bits per heavy atom. The van der Waals surface area contributed by atoms with E-state index in [-0.39, 0.29) is 42.1 Å². The Morgan fingerprint density at radius 2 is 1.41 bits per heavy atom. The summed E-state index contributed by atoms with van der Waals surface area (Å²) in [5.41, 5.74) is 6.49. The maximum atomic E-state index is 12.6. The summed E-state index contributed by atoms with van der Waals surface area (Å²) >= 11 is 0. The van der Waals surface area contributed by atoms with Gasteiger partial charge in [0.2, 0.25) is 0 Å². The Bertz CT molecular complexity index is 931. The standard InChI is InChI=1S/C28H43NO8/c1-8-16(4)13-24(30)35-19(7)14-21(25(29)26(31)32)20-11-12-22(36-27(33)17(5)9-2)23(15-20)37-28(34)18(6)10-3/h11-12,15-19,21,25H,8-10,13-14,29H2,1-7H3,(H,31,32)/t16?,17?,18?,19?,21?,25-/m0/s1. The molecule has 9 nitrogen and oxygen atoms in total. The lowest BCUT2D eigenvalue weighted by atomic mass is 9.87. The number of hydrogen-bond donors (Lipinski definition) is 2. The molecule has 0 aromatic heterocycles. The summed E-state index contributed by atoms with van der Waals surface area (Å²) in [6.07, 6.45) is 1.74. The highest BCUT2D eigenvalue weighted by atomic mass is 16.6. The molecule has 1 aromatic carbocycles. The molecular weight excluding hydrogens is 478 g/mol. The van der Waals surface area contributed by atoms with Crippen molar-refractivity contribution < 1.29 is 38.5 Å². The third-order valence-corrected chi connectivity index (χ3v) is 6.70. The second-order valence-electron chi connectivity index (χ2n) is 9.89. The number of carboxylic acids is 1. The molecule has 6 atom stereocenters. The molecule has 0 saturated heterocycles. The maximum absolute atomic E-state index is 12.6. The molecule has 1 rings (SSSR count). The number of carbonyl (C=O) groups is 4. The van der Waals surface area contributed by atoms with Gasteiger partial charge in [-0.3, -0.25) is 19.2 Å². The van der Waals surface area contributed by atoms with Crippen LogP contribution in [-0.2, 0) is 23.9 Å². The third kappa shape index (κ3) is 10.1. The first-order valence-corrected chi connectivity index (χ1v) is 13.1. The Morgan fingerprint density at radius 1 is 0.865 bits per heavy atom. The number of esters is 3. The zero-order valence-electron chi connectivity index (χ0n) is 23.1. The first kappa shape index (κ1) is 32.1. The molecule has 0 amide bonds. The molecule has 37 heavy (non-hydrogen) atoms. The number of ether oxygens (including phenoxy) is 3. The van der Waals surface area contributed by atoms with Crippen molar-refractivity contribution in [3.05, 3.63) is 23.8 Å². The van der Waals surface area contributed by atoms with Gasteiger partial charge in [-0.25, -0.2) is 0 Å². The van der Waals surface area contributed by atoms with Gasteiger partial charge >= 0.3 is 23.9 Å². The van der Waals surface area contributed by atoms with Crippen LogP contribution in [0, 0.1) is 17.8 Å². The monoisotopic (exact) mass is 521 g/mol. The number of hydrogen-bond acceptors (Lipinski definition) is 8. The van der Waals surface area contributed by atoms with Crippen LogP contribution in [0.15, 0.2) is 18.2 Å². The summed E-state index contributed by atoms with van der Waals surface area (Å²) in [4.78, 5) is 49.1. The molecule has 0 heterocycles. The Balaban J connectivity index is 3.35. The van der Waals surface area contributed by atoms with Crippen LogP contribution in [0.3, 0.4) is 0 Å². The minimum absolute atomic E-state index is 0.00320. The Labute approximate surface area is 220 Å². The van der Waals surface area contributed by atoms with Crippen LogP contribution in [-0.4, -0.2) is 41.1 Å². The van der Waals surface area contributed by atoms with Gasteiger partial charge in [-0.15, -0.1) is 0 Å². The minimum Gasteiger partial charge on any atom is -0.480 e. The lowest BCUT2D eigenvalue weighted by Gasteiger charge is -2.26. The van der Waals surface area contributed by atoms with Crippen LogP contribution in [0.25, 0.3) is 0 Å². The highest BCUT2D eigenvalue weighted by Gasteiger charge is 2.30. The molecule has 1 aromatic rings. The second-order valence-corrected chi connectivity index (χ2v) is 9.89. The average molecular weight is 522 g/mol. The van der Waals surface area contributed by atoms with Crippen molar-refractivity contribution in [3.63, 3.8) is 0 Å². The fraction of sp³-hybridized carbons (Fsp3) is 0.643. The topological polar surface area (TPSA) is 142 Å². The highest BCUT2D eigenvalue weighted by molar-refractivity contribution is 5.79. The molecule has 0 aliphatic heterocycles. The van der Waals surface area contributed by atoms with Gasteiger partial charge in [0.15, 0.2) is 11.5 Å². The molecule has 0 fully saturated rings. The summed E-state index contributed by atoms with van der Waals surface area (Å²) in [6.45, 7) is 12.8. The van der Waals surface area contributed by atoms with Gasteiger partial charge in [-0.1, -0.05) is 54.0 Å². The van der Waals surface area contributed by atoms with Crippen molar-refractivity contribution in [2.75, 3.05) is 0 Å². The average Bonchev–Trinajstić information content (AvgIpc) is 2.86. The lowest BCUT2D eigenvalue weighted by Crippen LogP contribution is -2.38. The van der Waals surface area contributed by atoms with E-state index in [0.29, 0.717) is 18.4 Å². The number of rotatable bonds is 15. The maximum Gasteiger partial charge on any atom is 0.321 e. The van der Waals surface area contributed by atoms with Gasteiger partial charge in [0.05, 0.1) is 17.9 Å². The van der Waals surface area contributed by atoms with Gasteiger partial charge < -0.3 is 25.1 Å². The van der Waals surface area contributed by atoms with E-state index in [2.05, 4.69) is 0 Å². The van der Waals surface area contributed by atoms with Crippen LogP contribution in [0.4, 0.5) is 0 Å². The van der Waals surface area contributed by atoms with Crippen molar-refractivity contribution in [1.29, 1.82) is 0 Å². The normalized spacial score (nSPS) is 16.0. The number of carboxylic acid groups (broad SMARTS) is 1. The summed E-state index contributed by atoms with van der Waals surface area (Å²) in [7, 11) is 0. The van der Waals surface area contributed by atoms with Crippen molar-refractivity contribution in [2.24, 2.45) is 23.5 Å². The Hall–Kier alpha value is -2.94. The molecule has 0 aliphatic rings. The quantitative estimate of drug-likeness (QED) is 0.245. The molecule has 5 unspecified atom stereocenters. The van der Waals surface area contributed by atoms with E-state index in [4.69, 9.17) is 19.9 Å². The Kier molecular flexibility index (Phi) is 13.3. The van der Waals surface area contributed by atoms with Gasteiger partial charge in [0.25, 0.3) is 0 Å². The number of carbonyl (C=O) groups excluding carboxylic acids is 3. The van der Waals surface area contributed by atoms with Crippen LogP contribution in [0.1, 0.15) is 92.1 Å². The zero-order valence-corrected chi connectivity index (χ0v) is 23.1. The third-order valence-electron chi connectivity index (χ3n) is 6.70. The van der Waals surface area contributed by atoms with Crippen molar-refractivity contribution in [3.8, 4) is 11.5 Å². The smallest absolute Gasteiger partial charge is 0.321 e. The second kappa shape index (κ2) is 15.3. The first-order chi connectivity index (χ1) is 17.3. The van der Waals surface area contributed by atoms with Gasteiger partial charge in [0, 0.05) is 12.3 Å². The van der Waals surface area contributed by atoms with Gasteiger partial charge in [-0.2, -0.15) is 0 Å². The van der Waals surface area contributed by atoms with Gasteiger partial charge in [-0.05, 0) is 49.8 Å². The number of aliphatic carboxylic acids is 1. The van der Waals surface area contributed by atoms with E-state index in [1.165, 1.54) is 12.1 Å². The lowest BCUT2D eigenvalue weighted by molar-refractivity contribution is -0.150. The predicted molar refractivity (Wildman–Crippen MR) is 139 cm³/mol. The van der Waals surface area contributed by atoms with E-state index in [1.807, 2.05) is 27.7 Å². The van der Waals surface area contributed by atoms with Crippen molar-refractivity contribution in [1.82, 2.24) is 0 Å². The van der Waals surface area contributed by atoms with E-state index in [1.54, 1.807) is 26.8 Å². The largest absolute Gasteiger partial charge is 0.480 e. The van der Waals surface area contributed by atoms with Crippen LogP contribution >= 0.6 is 0 Å². The fourth-order valence-corrected chi connectivity index (χ4v) is 3.44. The summed E-state index contributed by atoms with van der Waals surface area (Å²) in [6, 6.07) is 3.21. The van der Waals surface area contributed by atoms with E-state index >= 15 is 0 Å². The molecule has 0 saturated carbocycles. The SMILES string of the molecule is CCC(C)CC(=O)OC(C)CC(c1ccc(OC(=O)C(C)CC)c(OC(=O)C(C)CC)c1)[C@H](N)C(=O)O. The molecular formula is C28H43NO8. The van der Waals surface area contributed by atoms with Crippen LogP contribution in [0.2, 0.25) is 0 Å². The molecule has 0 spiro atoms. The molecule has 0 bridgehead atoms. The van der Waals surface area contributed by atoms with Crippen molar-refractivity contribution >= 4 is 23.9 Å². The number of nitrogens with two attached hydrogens (primary N) is 1. The van der Waals surface area contributed by atoms with Crippen LogP contribution < -0.4 is 15.2 Å². The minimum atomic E-state index is -1.32. The molecule has 9 heteroatoms. The van der Waals surface area contributed by atoms with E-state index in [0.717, 1.165) is 6.42 Å². The summed E-state index contributed by atoms with van der Waals surface area (Å²) < 4.78 is 16.6. The van der Waals surface area contributed by atoms with E-state index in [9.17, 15) is 24.3 Å². The van der Waals surface area contributed by atoms with Gasteiger partial charge in [0.1, 0.15) is 6.04 Å². The molecule has 0 aliphatic carbocycles. The van der Waals surface area contributed by atoms with Crippen molar-refractivity contribution in [2.45, 2.75) is 98.6 Å². The summed E-state index contributed by atoms with van der Waals surface area (Å²) in [5.74, 6) is -3.88.